The Morgan fingerprint density at radius 2 is 1.86 bits per heavy atom. The summed E-state index contributed by atoms with van der Waals surface area (Å²) < 4.78 is 5.62. The molecule has 0 spiro atoms. The molecule has 2 aromatic carbocycles. The Kier molecular flexibility index (Phi) is 5.67. The summed E-state index contributed by atoms with van der Waals surface area (Å²) in [6, 6.07) is 12.7. The average Bonchev–Trinajstić information content (AvgIpc) is 2.42. The number of carbonyl (C=O) groups is 1. The highest BCUT2D eigenvalue weighted by Gasteiger charge is 2.02. The fraction of sp³-hybridized carbons (Fsp3) is 0.235. The second-order valence-corrected chi connectivity index (χ2v) is 5.50. The van der Waals surface area contributed by atoms with Crippen molar-refractivity contribution in [1.82, 2.24) is 5.32 Å². The summed E-state index contributed by atoms with van der Waals surface area (Å²) >= 11 is 5.86. The van der Waals surface area contributed by atoms with Gasteiger partial charge < -0.3 is 15.4 Å². The molecule has 0 aliphatic carbocycles. The molecular weight excluding hydrogens is 300 g/mol. The quantitative estimate of drug-likeness (QED) is 0.813. The van der Waals surface area contributed by atoms with Crippen LogP contribution in [0.4, 0.5) is 10.5 Å². The minimum Gasteiger partial charge on any atom is -0.492 e. The maximum Gasteiger partial charge on any atom is 0.319 e. The number of benzene rings is 2. The fourth-order valence-electron chi connectivity index (χ4n) is 2.09. The minimum absolute atomic E-state index is 0.286. The number of anilines is 1. The summed E-state index contributed by atoms with van der Waals surface area (Å²) in [4.78, 5) is 11.7. The molecule has 0 aromatic heterocycles. The van der Waals surface area contributed by atoms with Crippen molar-refractivity contribution in [2.45, 2.75) is 13.8 Å². The number of urea groups is 1. The van der Waals surface area contributed by atoms with E-state index in [2.05, 4.69) is 16.7 Å². The van der Waals surface area contributed by atoms with Gasteiger partial charge in [0.1, 0.15) is 12.4 Å². The monoisotopic (exact) mass is 318 g/mol. The number of hydrogen-bond acceptors (Lipinski definition) is 2. The first-order chi connectivity index (χ1) is 10.5. The van der Waals surface area contributed by atoms with E-state index in [9.17, 15) is 4.79 Å². The van der Waals surface area contributed by atoms with Gasteiger partial charge in [-0.3, -0.25) is 0 Å². The van der Waals surface area contributed by atoms with Crippen molar-refractivity contribution in [3.63, 3.8) is 0 Å². The highest BCUT2D eigenvalue weighted by atomic mass is 35.5. The van der Waals surface area contributed by atoms with Crippen molar-refractivity contribution < 1.29 is 9.53 Å². The molecule has 2 amide bonds. The number of aryl methyl sites for hydroxylation is 2. The fourth-order valence-corrected chi connectivity index (χ4v) is 2.28. The van der Waals surface area contributed by atoms with Gasteiger partial charge in [0, 0.05) is 10.7 Å². The lowest BCUT2D eigenvalue weighted by atomic mass is 10.1. The molecule has 0 aliphatic rings. The molecule has 0 aliphatic heterocycles. The van der Waals surface area contributed by atoms with Gasteiger partial charge in [0.2, 0.25) is 0 Å². The van der Waals surface area contributed by atoms with E-state index < -0.39 is 0 Å². The van der Waals surface area contributed by atoms with E-state index in [1.165, 1.54) is 0 Å². The van der Waals surface area contributed by atoms with Crippen LogP contribution < -0.4 is 15.4 Å². The van der Waals surface area contributed by atoms with Crippen LogP contribution in [0.25, 0.3) is 0 Å². The standard InChI is InChI=1S/C17H19ClN2O2/c1-12-8-13(2)10-16(9-12)22-7-6-19-17(21)20-15-5-3-4-14(18)11-15/h3-5,8-11H,6-7H2,1-2H3,(H2,19,20,21). The summed E-state index contributed by atoms with van der Waals surface area (Å²) in [5.74, 6) is 0.814. The van der Waals surface area contributed by atoms with Crippen LogP contribution in [-0.2, 0) is 0 Å². The lowest BCUT2D eigenvalue weighted by Crippen LogP contribution is -2.32. The van der Waals surface area contributed by atoms with E-state index in [4.69, 9.17) is 16.3 Å². The van der Waals surface area contributed by atoms with Crippen molar-refractivity contribution in [3.8, 4) is 5.75 Å². The van der Waals surface area contributed by atoms with Crippen LogP contribution in [0.5, 0.6) is 5.75 Å². The Labute approximate surface area is 135 Å². The SMILES string of the molecule is Cc1cc(C)cc(OCCNC(=O)Nc2cccc(Cl)c2)c1. The first-order valence-electron chi connectivity index (χ1n) is 7.04. The van der Waals surface area contributed by atoms with E-state index in [0.29, 0.717) is 23.9 Å². The van der Waals surface area contributed by atoms with Crippen LogP contribution >= 0.6 is 11.6 Å². The van der Waals surface area contributed by atoms with E-state index in [-0.39, 0.29) is 6.03 Å². The summed E-state index contributed by atoms with van der Waals surface area (Å²) in [6.07, 6.45) is 0. The third-order valence-corrected chi connectivity index (χ3v) is 3.17. The molecule has 0 unspecified atom stereocenters. The molecule has 0 heterocycles. The Morgan fingerprint density at radius 1 is 1.14 bits per heavy atom. The molecule has 4 nitrogen and oxygen atoms in total. The van der Waals surface area contributed by atoms with Gasteiger partial charge >= 0.3 is 6.03 Å². The topological polar surface area (TPSA) is 50.4 Å². The van der Waals surface area contributed by atoms with E-state index in [1.807, 2.05) is 26.0 Å². The van der Waals surface area contributed by atoms with Crippen molar-refractivity contribution in [1.29, 1.82) is 0 Å². The van der Waals surface area contributed by atoms with Gasteiger partial charge in [-0.1, -0.05) is 23.7 Å². The van der Waals surface area contributed by atoms with Gasteiger partial charge in [0.05, 0.1) is 6.54 Å². The maximum absolute atomic E-state index is 11.7. The molecule has 2 aromatic rings. The Morgan fingerprint density at radius 3 is 2.55 bits per heavy atom. The third-order valence-electron chi connectivity index (χ3n) is 2.93. The second-order valence-electron chi connectivity index (χ2n) is 5.06. The van der Waals surface area contributed by atoms with Crippen molar-refractivity contribution in [3.05, 3.63) is 58.6 Å². The largest absolute Gasteiger partial charge is 0.492 e. The maximum atomic E-state index is 11.7. The molecule has 0 saturated heterocycles. The van der Waals surface area contributed by atoms with E-state index >= 15 is 0 Å². The van der Waals surface area contributed by atoms with E-state index in [1.54, 1.807) is 24.3 Å². The average molecular weight is 319 g/mol. The lowest BCUT2D eigenvalue weighted by Gasteiger charge is -2.10. The van der Waals surface area contributed by atoms with Gasteiger partial charge in [0.25, 0.3) is 0 Å². The molecule has 2 N–H and O–H groups in total. The summed E-state index contributed by atoms with van der Waals surface area (Å²) in [5.41, 5.74) is 2.96. The van der Waals surface area contributed by atoms with Crippen molar-refractivity contribution in [2.24, 2.45) is 0 Å². The van der Waals surface area contributed by atoms with Gasteiger partial charge in [-0.25, -0.2) is 4.79 Å². The molecular formula is C17H19ClN2O2. The van der Waals surface area contributed by atoms with Crippen LogP contribution in [0.3, 0.4) is 0 Å². The zero-order valence-electron chi connectivity index (χ0n) is 12.7. The number of ether oxygens (including phenoxy) is 1. The number of amides is 2. The number of rotatable bonds is 5. The molecule has 2 rings (SSSR count). The van der Waals surface area contributed by atoms with Gasteiger partial charge in [0.15, 0.2) is 0 Å². The number of nitrogens with one attached hydrogen (secondary N) is 2. The normalized spacial score (nSPS) is 10.1. The Balaban J connectivity index is 1.73. The molecule has 0 saturated carbocycles. The molecule has 0 bridgehead atoms. The van der Waals surface area contributed by atoms with Crippen LogP contribution in [0.1, 0.15) is 11.1 Å². The predicted molar refractivity (Wildman–Crippen MR) is 89.9 cm³/mol. The first-order valence-corrected chi connectivity index (χ1v) is 7.42. The number of halogens is 1. The second kappa shape index (κ2) is 7.71. The van der Waals surface area contributed by atoms with E-state index in [0.717, 1.165) is 16.9 Å². The number of hydrogen-bond donors (Lipinski definition) is 2. The van der Waals surface area contributed by atoms with Crippen LogP contribution in [-0.4, -0.2) is 19.2 Å². The Bertz CT molecular complexity index is 639. The Hall–Kier alpha value is -2.20. The lowest BCUT2D eigenvalue weighted by molar-refractivity contribution is 0.247. The third kappa shape index (κ3) is 5.30. The highest BCUT2D eigenvalue weighted by molar-refractivity contribution is 6.30. The van der Waals surface area contributed by atoms with Crippen LogP contribution in [0.2, 0.25) is 5.02 Å². The number of carbonyl (C=O) groups excluding carboxylic acids is 1. The predicted octanol–water partition coefficient (Wildman–Crippen LogP) is 4.16. The van der Waals surface area contributed by atoms with Crippen molar-refractivity contribution >= 4 is 23.3 Å². The highest BCUT2D eigenvalue weighted by Crippen LogP contribution is 2.16. The molecule has 0 fully saturated rings. The van der Waals surface area contributed by atoms with Crippen LogP contribution in [0, 0.1) is 13.8 Å². The minimum atomic E-state index is -0.286. The molecule has 116 valence electrons. The van der Waals surface area contributed by atoms with Gasteiger partial charge in [-0.15, -0.1) is 0 Å². The van der Waals surface area contributed by atoms with Gasteiger partial charge in [-0.2, -0.15) is 0 Å². The summed E-state index contributed by atoms with van der Waals surface area (Å²) in [5, 5.41) is 6.02. The van der Waals surface area contributed by atoms with Crippen molar-refractivity contribution in [2.75, 3.05) is 18.5 Å². The zero-order valence-corrected chi connectivity index (χ0v) is 13.4. The molecule has 5 heteroatoms. The first kappa shape index (κ1) is 16.2. The molecule has 0 radical (unpaired) electrons. The summed E-state index contributed by atoms with van der Waals surface area (Å²) in [7, 11) is 0. The molecule has 22 heavy (non-hydrogen) atoms. The van der Waals surface area contributed by atoms with Gasteiger partial charge in [-0.05, 0) is 55.3 Å². The zero-order chi connectivity index (χ0) is 15.9. The summed E-state index contributed by atoms with van der Waals surface area (Å²) in [6.45, 7) is 4.87. The molecule has 0 atom stereocenters. The smallest absolute Gasteiger partial charge is 0.319 e. The van der Waals surface area contributed by atoms with Crippen LogP contribution in [0.15, 0.2) is 42.5 Å².